The summed E-state index contributed by atoms with van der Waals surface area (Å²) in [6.07, 6.45) is 3.77. The van der Waals surface area contributed by atoms with Crippen LogP contribution in [0.3, 0.4) is 0 Å². The maximum atomic E-state index is 13.9. The molecule has 4 fully saturated rings. The van der Waals surface area contributed by atoms with E-state index in [1.165, 1.54) is 12.1 Å². The Labute approximate surface area is 163 Å². The number of fused-ring (bicyclic) bond motifs is 2. The van der Waals surface area contributed by atoms with Gasteiger partial charge in [0.05, 0.1) is 11.6 Å². The lowest BCUT2D eigenvalue weighted by Crippen LogP contribution is -2.60. The van der Waals surface area contributed by atoms with E-state index in [0.717, 1.165) is 37.7 Å². The molecule has 0 aliphatic carbocycles. The molecule has 146 valence electrons. The van der Waals surface area contributed by atoms with Gasteiger partial charge in [-0.3, -0.25) is 14.7 Å². The van der Waals surface area contributed by atoms with Gasteiger partial charge >= 0.3 is 0 Å². The summed E-state index contributed by atoms with van der Waals surface area (Å²) in [6, 6.07) is 7.63. The number of halogens is 2. The molecule has 0 saturated carbocycles. The lowest BCUT2D eigenvalue weighted by Gasteiger charge is -2.51. The fraction of sp³-hybridized carbons (Fsp3) is 0.455. The Morgan fingerprint density at radius 2 is 1.79 bits per heavy atom. The number of likely N-dealkylation sites (tertiary alicyclic amines) is 1. The summed E-state index contributed by atoms with van der Waals surface area (Å²) in [5.74, 6) is -0.790. The van der Waals surface area contributed by atoms with Crippen molar-refractivity contribution in [1.82, 2.24) is 14.8 Å². The van der Waals surface area contributed by atoms with Crippen LogP contribution in [0.15, 0.2) is 36.5 Å². The van der Waals surface area contributed by atoms with E-state index in [1.807, 2.05) is 24.0 Å². The third-order valence-electron chi connectivity index (χ3n) is 6.73. The van der Waals surface area contributed by atoms with E-state index in [9.17, 15) is 13.6 Å². The van der Waals surface area contributed by atoms with E-state index in [-0.39, 0.29) is 23.9 Å². The second-order valence-corrected chi connectivity index (χ2v) is 8.31. The van der Waals surface area contributed by atoms with Gasteiger partial charge in [0.1, 0.15) is 11.6 Å². The van der Waals surface area contributed by atoms with Gasteiger partial charge in [-0.05, 0) is 68.6 Å². The minimum absolute atomic E-state index is 0.0318. The average Bonchev–Trinajstić information content (AvgIpc) is 3.11. The first kappa shape index (κ1) is 17.7. The number of carbonyl (C=O) groups is 1. The first-order chi connectivity index (χ1) is 13.5. The van der Waals surface area contributed by atoms with Gasteiger partial charge in [-0.1, -0.05) is 0 Å². The second kappa shape index (κ2) is 6.62. The van der Waals surface area contributed by atoms with Crippen LogP contribution in [0.25, 0.3) is 0 Å². The Bertz CT molecular complexity index is 888. The van der Waals surface area contributed by atoms with Gasteiger partial charge in [0.2, 0.25) is 0 Å². The van der Waals surface area contributed by atoms with Crippen LogP contribution in [0.5, 0.6) is 0 Å². The lowest BCUT2D eigenvalue weighted by atomic mass is 9.75. The average molecular weight is 383 g/mol. The van der Waals surface area contributed by atoms with Gasteiger partial charge in [-0.2, -0.15) is 0 Å². The summed E-state index contributed by atoms with van der Waals surface area (Å²) in [5, 5.41) is 0. The predicted octanol–water partition coefficient (Wildman–Crippen LogP) is 3.37. The van der Waals surface area contributed by atoms with Gasteiger partial charge in [0, 0.05) is 36.5 Å². The number of hydrogen-bond acceptors (Lipinski definition) is 3. The Kier molecular flexibility index (Phi) is 4.19. The first-order valence-electron chi connectivity index (χ1n) is 9.95. The van der Waals surface area contributed by atoms with Gasteiger partial charge in [0.15, 0.2) is 0 Å². The van der Waals surface area contributed by atoms with Crippen molar-refractivity contribution in [3.8, 4) is 0 Å². The summed E-state index contributed by atoms with van der Waals surface area (Å²) >= 11 is 0. The highest BCUT2D eigenvalue weighted by molar-refractivity contribution is 5.94. The molecule has 1 aromatic carbocycles. The second-order valence-electron chi connectivity index (χ2n) is 8.31. The van der Waals surface area contributed by atoms with E-state index in [1.54, 1.807) is 6.20 Å². The van der Waals surface area contributed by atoms with E-state index in [4.69, 9.17) is 0 Å². The van der Waals surface area contributed by atoms with Crippen LogP contribution in [0, 0.1) is 24.5 Å². The zero-order chi connectivity index (χ0) is 19.4. The molecular weight excluding hydrogens is 360 g/mol. The smallest absolute Gasteiger partial charge is 0.255 e. The molecule has 6 heteroatoms. The summed E-state index contributed by atoms with van der Waals surface area (Å²) in [6.45, 7) is 4.36. The molecule has 5 heterocycles. The number of nitrogens with zero attached hydrogens (tertiary/aromatic N) is 3. The molecule has 1 amide bonds. The fourth-order valence-electron chi connectivity index (χ4n) is 5.50. The number of hydrogen-bond donors (Lipinski definition) is 0. The summed E-state index contributed by atoms with van der Waals surface area (Å²) < 4.78 is 27.8. The number of benzene rings is 1. The first-order valence-corrected chi connectivity index (χ1v) is 9.95. The normalized spacial score (nSPS) is 31.1. The largest absolute Gasteiger partial charge is 0.333 e. The molecule has 4 aliphatic rings. The third-order valence-corrected chi connectivity index (χ3v) is 6.73. The van der Waals surface area contributed by atoms with E-state index in [0.29, 0.717) is 23.6 Å². The van der Waals surface area contributed by atoms with E-state index < -0.39 is 11.6 Å². The molecule has 2 bridgehead atoms. The van der Waals surface area contributed by atoms with Gasteiger partial charge in [-0.15, -0.1) is 0 Å². The van der Waals surface area contributed by atoms with Crippen molar-refractivity contribution in [3.05, 3.63) is 65.0 Å². The highest BCUT2D eigenvalue weighted by atomic mass is 19.1. The topological polar surface area (TPSA) is 36.4 Å². The van der Waals surface area contributed by atoms with E-state index in [2.05, 4.69) is 9.88 Å². The Hall–Kier alpha value is -2.34. The minimum Gasteiger partial charge on any atom is -0.333 e. The number of aromatic nitrogens is 1. The summed E-state index contributed by atoms with van der Waals surface area (Å²) in [4.78, 5) is 21.9. The van der Waals surface area contributed by atoms with Crippen LogP contribution < -0.4 is 0 Å². The molecule has 4 aliphatic heterocycles. The number of aryl methyl sites for hydroxylation is 1. The van der Waals surface area contributed by atoms with Crippen molar-refractivity contribution in [2.75, 3.05) is 19.6 Å². The van der Waals surface area contributed by atoms with Crippen molar-refractivity contribution in [2.24, 2.45) is 5.92 Å². The van der Waals surface area contributed by atoms with E-state index >= 15 is 0 Å². The molecule has 0 radical (unpaired) electrons. The quantitative estimate of drug-likeness (QED) is 0.798. The number of rotatable bonds is 2. The molecule has 28 heavy (non-hydrogen) atoms. The Balaban J connectivity index is 1.53. The zero-order valence-electron chi connectivity index (χ0n) is 15.8. The summed E-state index contributed by atoms with van der Waals surface area (Å²) in [5.41, 5.74) is 2.09. The Morgan fingerprint density at radius 3 is 2.43 bits per heavy atom. The SMILES string of the molecule is Cc1ccc(C(=O)N2C[C@H](c3cc(F)cc(F)c3)[C@H]3[C@@H]2C2CCN3CC2)cn1. The Morgan fingerprint density at radius 1 is 1.07 bits per heavy atom. The standard InChI is InChI=1S/C22H23F2N3O/c1-13-2-3-15(11-25-13)22(28)27-12-19(16-8-17(23)10-18(24)9-16)21-20(27)14-4-6-26(21)7-5-14/h2-3,8-11,14,19-21H,4-7,12H2,1H3/t19-,20+,21+/m1/s1. The van der Waals surface area contributed by atoms with Crippen molar-refractivity contribution in [3.63, 3.8) is 0 Å². The maximum absolute atomic E-state index is 13.9. The van der Waals surface area contributed by atoms with Crippen LogP contribution in [-0.2, 0) is 0 Å². The van der Waals surface area contributed by atoms with Crippen molar-refractivity contribution < 1.29 is 13.6 Å². The molecule has 0 spiro atoms. The molecule has 3 atom stereocenters. The highest BCUT2D eigenvalue weighted by Crippen LogP contribution is 2.47. The van der Waals surface area contributed by atoms with Crippen molar-refractivity contribution >= 4 is 5.91 Å². The molecule has 0 N–H and O–H groups in total. The summed E-state index contributed by atoms with van der Waals surface area (Å²) in [7, 11) is 0. The van der Waals surface area contributed by atoms with Gasteiger partial charge in [-0.25, -0.2) is 8.78 Å². The number of carbonyl (C=O) groups excluding carboxylic acids is 1. The highest BCUT2D eigenvalue weighted by Gasteiger charge is 2.54. The molecule has 2 aromatic rings. The minimum atomic E-state index is -0.560. The molecule has 1 aromatic heterocycles. The molecular formula is C22H23F2N3O. The molecule has 4 nitrogen and oxygen atoms in total. The van der Waals surface area contributed by atoms with Crippen molar-refractivity contribution in [2.45, 2.75) is 37.8 Å². The van der Waals surface area contributed by atoms with Crippen LogP contribution in [0.4, 0.5) is 8.78 Å². The van der Waals surface area contributed by atoms with Crippen molar-refractivity contribution in [1.29, 1.82) is 0 Å². The fourth-order valence-corrected chi connectivity index (χ4v) is 5.50. The number of piperidine rings is 3. The number of pyridine rings is 1. The monoisotopic (exact) mass is 383 g/mol. The van der Waals surface area contributed by atoms with Crippen LogP contribution in [-0.4, -0.2) is 52.4 Å². The van der Waals surface area contributed by atoms with Gasteiger partial charge < -0.3 is 4.90 Å². The van der Waals surface area contributed by atoms with Gasteiger partial charge in [0.25, 0.3) is 5.91 Å². The predicted molar refractivity (Wildman–Crippen MR) is 101 cm³/mol. The maximum Gasteiger partial charge on any atom is 0.255 e. The molecule has 4 saturated heterocycles. The zero-order valence-corrected chi connectivity index (χ0v) is 15.8. The lowest BCUT2D eigenvalue weighted by molar-refractivity contribution is -0.00344. The van der Waals surface area contributed by atoms with Crippen LogP contribution in [0.1, 0.15) is 40.4 Å². The number of amides is 1. The van der Waals surface area contributed by atoms with Crippen LogP contribution in [0.2, 0.25) is 0 Å². The molecule has 6 rings (SSSR count). The molecule has 0 unspecified atom stereocenters. The third kappa shape index (κ3) is 2.82. The van der Waals surface area contributed by atoms with Crippen LogP contribution >= 0.6 is 0 Å².